The van der Waals surface area contributed by atoms with Crippen LogP contribution in [-0.4, -0.2) is 11.9 Å². The van der Waals surface area contributed by atoms with E-state index in [1.807, 2.05) is 24.3 Å². The topological polar surface area (TPSA) is 71.1 Å². The van der Waals surface area contributed by atoms with E-state index in [2.05, 4.69) is 20.8 Å². The predicted molar refractivity (Wildman–Crippen MR) is 107 cm³/mol. The van der Waals surface area contributed by atoms with Crippen molar-refractivity contribution in [3.05, 3.63) is 84.0 Å². The molecule has 0 spiro atoms. The second-order valence-electron chi connectivity index (χ2n) is 6.42. The molecular weight excluding hydrogens is 372 g/mol. The second-order valence-corrected chi connectivity index (χ2v) is 6.42. The van der Waals surface area contributed by atoms with Gasteiger partial charge in [0.15, 0.2) is 0 Å². The Morgan fingerprint density at radius 3 is 1.38 bits per heavy atom. The van der Waals surface area contributed by atoms with Crippen LogP contribution in [0.3, 0.4) is 0 Å². The molecule has 0 amide bonds. The number of aryl methyl sites for hydroxylation is 2. The molecule has 0 unspecified atom stereocenters. The molecule has 2 aromatic carbocycles. The summed E-state index contributed by atoms with van der Waals surface area (Å²) in [6, 6.07) is 14.1. The first-order valence-electron chi connectivity index (χ1n) is 9.68. The van der Waals surface area contributed by atoms with Gasteiger partial charge in [0.1, 0.15) is 0 Å². The number of carbonyl (C=O) groups is 2. The minimum absolute atomic E-state index is 0.0224. The van der Waals surface area contributed by atoms with Crippen molar-refractivity contribution >= 4 is 11.9 Å². The quantitative estimate of drug-likeness (QED) is 0.384. The molecule has 0 N–H and O–H groups in total. The summed E-state index contributed by atoms with van der Waals surface area (Å²) in [4.78, 5) is 43.2. The van der Waals surface area contributed by atoms with Gasteiger partial charge in [-0.3, -0.25) is 9.78 Å². The van der Waals surface area contributed by atoms with Crippen LogP contribution in [0.15, 0.2) is 48.5 Å². The van der Waals surface area contributed by atoms with Gasteiger partial charge < -0.3 is 0 Å². The van der Waals surface area contributed by atoms with Crippen LogP contribution in [-0.2, 0) is 32.4 Å². The van der Waals surface area contributed by atoms with Crippen LogP contribution in [0, 0.1) is 13.2 Å². The molecule has 0 saturated heterocycles. The Bertz CT molecular complexity index is 701. The molecule has 6 heteroatoms. The van der Waals surface area contributed by atoms with Crippen LogP contribution >= 0.6 is 0 Å². The molecule has 0 saturated carbocycles. The van der Waals surface area contributed by atoms with E-state index in [9.17, 15) is 9.59 Å². The fourth-order valence-electron chi connectivity index (χ4n) is 2.55. The van der Waals surface area contributed by atoms with Gasteiger partial charge in [0.2, 0.25) is 0 Å². The van der Waals surface area contributed by atoms with Gasteiger partial charge in [0.05, 0.1) is 11.1 Å². The van der Waals surface area contributed by atoms with E-state index in [4.69, 9.17) is 19.6 Å². The molecule has 0 aromatic heterocycles. The van der Waals surface area contributed by atoms with Crippen LogP contribution in [0.4, 0.5) is 0 Å². The fraction of sp³-hybridized carbons (Fsp3) is 0.304. The molecule has 0 fully saturated rings. The van der Waals surface area contributed by atoms with Gasteiger partial charge in [-0.05, 0) is 55.2 Å². The van der Waals surface area contributed by atoms with Crippen LogP contribution in [0.5, 0.6) is 0 Å². The van der Waals surface area contributed by atoms with Gasteiger partial charge in [0.25, 0.3) is 0 Å². The zero-order chi connectivity index (χ0) is 21.1. The van der Waals surface area contributed by atoms with Gasteiger partial charge in [-0.15, -0.1) is 9.78 Å². The lowest BCUT2D eigenvalue weighted by Gasteiger charge is -2.12. The Balaban J connectivity index is 1.80. The van der Waals surface area contributed by atoms with E-state index in [0.29, 0.717) is 11.1 Å². The van der Waals surface area contributed by atoms with Crippen LogP contribution in [0.2, 0.25) is 0 Å². The van der Waals surface area contributed by atoms with Crippen molar-refractivity contribution in [2.24, 2.45) is 0 Å². The van der Waals surface area contributed by atoms with Gasteiger partial charge in [0, 0.05) is 6.42 Å². The zero-order valence-electron chi connectivity index (χ0n) is 16.8. The van der Waals surface area contributed by atoms with Crippen molar-refractivity contribution in [1.82, 2.24) is 0 Å². The lowest BCUT2D eigenvalue weighted by Crippen LogP contribution is -2.15. The maximum atomic E-state index is 12.0. The number of carbonyl (C=O) groups excluding carboxylic acids is 2. The predicted octanol–water partition coefficient (Wildman–Crippen LogP) is 5.18. The van der Waals surface area contributed by atoms with E-state index in [1.165, 1.54) is 0 Å². The van der Waals surface area contributed by atoms with Crippen molar-refractivity contribution in [2.45, 2.75) is 46.0 Å². The summed E-state index contributed by atoms with van der Waals surface area (Å²) in [6.07, 6.45) is 3.64. The fourth-order valence-corrected chi connectivity index (χ4v) is 2.55. The molecule has 2 rings (SSSR count). The van der Waals surface area contributed by atoms with Crippen molar-refractivity contribution in [3.63, 3.8) is 0 Å². The van der Waals surface area contributed by atoms with Gasteiger partial charge >= 0.3 is 18.2 Å². The maximum Gasteiger partial charge on any atom is 0.373 e. The Morgan fingerprint density at radius 2 is 1.07 bits per heavy atom. The molecule has 29 heavy (non-hydrogen) atoms. The Morgan fingerprint density at radius 1 is 0.690 bits per heavy atom. The highest BCUT2D eigenvalue weighted by molar-refractivity contribution is 5.89. The van der Waals surface area contributed by atoms with Crippen molar-refractivity contribution in [2.75, 3.05) is 0 Å². The van der Waals surface area contributed by atoms with Crippen molar-refractivity contribution in [3.8, 4) is 0 Å². The third-order valence-electron chi connectivity index (χ3n) is 4.08. The third-order valence-corrected chi connectivity index (χ3v) is 4.08. The summed E-state index contributed by atoms with van der Waals surface area (Å²) in [6.45, 7) is 7.75. The second kappa shape index (κ2) is 12.0. The molecule has 0 bridgehead atoms. The lowest BCUT2D eigenvalue weighted by molar-refractivity contribution is -0.362. The van der Waals surface area contributed by atoms with Crippen molar-refractivity contribution in [1.29, 1.82) is 0 Å². The van der Waals surface area contributed by atoms with E-state index >= 15 is 0 Å². The molecule has 2 radical (unpaired) electrons. The molecule has 154 valence electrons. The van der Waals surface area contributed by atoms with Crippen LogP contribution < -0.4 is 0 Å². The number of hydrogen-bond acceptors (Lipinski definition) is 6. The number of hydrogen-bond donors (Lipinski definition) is 0. The SMILES string of the molecule is [CH2]C[C](OOC(=O)c1ccc(CCC)cc1)OOC(=O)c1ccc(CCC)cc1. The molecule has 0 aliphatic carbocycles. The highest BCUT2D eigenvalue weighted by Gasteiger charge is 2.19. The standard InChI is InChI=1S/C23H26O6/c1-4-7-17-9-13-19(14-10-17)22(24)28-26-21(6-3)27-29-23(25)20-15-11-18(8-5-2)12-16-20/h9-16H,3-8H2,1-2H3. The number of rotatable bonds is 11. The first kappa shape index (κ1) is 22.6. The Hall–Kier alpha value is -2.70. The highest BCUT2D eigenvalue weighted by Crippen LogP contribution is 2.15. The number of benzene rings is 2. The molecule has 0 atom stereocenters. The minimum Gasteiger partial charge on any atom is -0.289 e. The van der Waals surface area contributed by atoms with E-state index in [1.54, 1.807) is 24.3 Å². The molecule has 0 aliphatic heterocycles. The smallest absolute Gasteiger partial charge is 0.289 e. The molecule has 0 heterocycles. The summed E-state index contributed by atoms with van der Waals surface area (Å²) in [7, 11) is 0. The van der Waals surface area contributed by atoms with Gasteiger partial charge in [-0.2, -0.15) is 0 Å². The van der Waals surface area contributed by atoms with E-state index in [0.717, 1.165) is 36.8 Å². The zero-order valence-corrected chi connectivity index (χ0v) is 16.8. The van der Waals surface area contributed by atoms with Gasteiger partial charge in [-0.25, -0.2) is 9.59 Å². The highest BCUT2D eigenvalue weighted by atomic mass is 17.3. The summed E-state index contributed by atoms with van der Waals surface area (Å²) in [5.41, 5.74) is 2.93. The molecule has 0 aliphatic rings. The van der Waals surface area contributed by atoms with E-state index < -0.39 is 11.9 Å². The average molecular weight is 398 g/mol. The Labute approximate surface area is 171 Å². The van der Waals surface area contributed by atoms with E-state index in [-0.39, 0.29) is 12.7 Å². The summed E-state index contributed by atoms with van der Waals surface area (Å²) in [5.74, 6) is -1.39. The van der Waals surface area contributed by atoms with Crippen molar-refractivity contribution < 1.29 is 29.1 Å². The monoisotopic (exact) mass is 398 g/mol. The molecule has 2 aromatic rings. The maximum absolute atomic E-state index is 12.0. The average Bonchev–Trinajstić information content (AvgIpc) is 2.75. The molecular formula is C23H26O6. The summed E-state index contributed by atoms with van der Waals surface area (Å²) in [5, 5.41) is 0. The third kappa shape index (κ3) is 7.33. The normalized spacial score (nSPS) is 10.8. The lowest BCUT2D eigenvalue weighted by atomic mass is 10.1. The minimum atomic E-state index is -0.694. The van der Waals surface area contributed by atoms with Crippen LogP contribution in [0.1, 0.15) is 65.0 Å². The summed E-state index contributed by atoms with van der Waals surface area (Å²) < 4.78 is 0. The molecule has 6 nitrogen and oxygen atoms in total. The van der Waals surface area contributed by atoms with Crippen LogP contribution in [0.25, 0.3) is 0 Å². The Kier molecular flexibility index (Phi) is 9.34. The first-order chi connectivity index (χ1) is 14.1. The van der Waals surface area contributed by atoms with Gasteiger partial charge in [-0.1, -0.05) is 51.0 Å². The largest absolute Gasteiger partial charge is 0.373 e. The first-order valence-corrected chi connectivity index (χ1v) is 9.68. The summed E-state index contributed by atoms with van der Waals surface area (Å²) >= 11 is 0.